The largest absolute Gasteiger partial charge is 0.449 e. The fraction of sp³-hybridized carbons (Fsp3) is 0.143. The second-order valence-corrected chi connectivity index (χ2v) is 6.57. The van der Waals surface area contributed by atoms with Gasteiger partial charge in [0.25, 0.3) is 5.91 Å². The Hall–Kier alpha value is -3.25. The van der Waals surface area contributed by atoms with Gasteiger partial charge in [-0.05, 0) is 56.3 Å². The molecular formula is C21H17ClN2O4. The highest BCUT2D eigenvalue weighted by atomic mass is 35.5. The Morgan fingerprint density at radius 3 is 2.57 bits per heavy atom. The van der Waals surface area contributed by atoms with Crippen LogP contribution in [0, 0.1) is 0 Å². The molecule has 0 radical (unpaired) electrons. The Balaban J connectivity index is 1.71. The van der Waals surface area contributed by atoms with E-state index in [9.17, 15) is 14.4 Å². The number of Topliss-reactive ketones (excluding diaryl/α,β-unsaturated/α-hetero) is 1. The fourth-order valence-electron chi connectivity index (χ4n) is 2.64. The topological polar surface area (TPSA) is 85.4 Å². The maximum Gasteiger partial charge on any atom is 0.338 e. The molecule has 6 nitrogen and oxygen atoms in total. The minimum atomic E-state index is -1.05. The molecule has 3 aromatic rings. The lowest BCUT2D eigenvalue weighted by atomic mass is 10.1. The number of halogens is 1. The van der Waals surface area contributed by atoms with E-state index in [4.69, 9.17) is 16.3 Å². The number of nitrogens with one attached hydrogen (secondary N) is 1. The van der Waals surface area contributed by atoms with Gasteiger partial charge in [-0.25, -0.2) is 9.78 Å². The first-order chi connectivity index (χ1) is 13.3. The summed E-state index contributed by atoms with van der Waals surface area (Å²) < 4.78 is 5.26. The van der Waals surface area contributed by atoms with E-state index in [-0.39, 0.29) is 5.78 Å². The number of hydrogen-bond acceptors (Lipinski definition) is 5. The molecule has 0 aliphatic carbocycles. The third kappa shape index (κ3) is 4.35. The maximum atomic E-state index is 12.4. The molecule has 0 spiro atoms. The van der Waals surface area contributed by atoms with Crippen LogP contribution < -0.4 is 5.32 Å². The molecule has 0 aliphatic heterocycles. The molecule has 0 aliphatic rings. The Kier molecular flexibility index (Phi) is 5.70. The van der Waals surface area contributed by atoms with Crippen molar-refractivity contribution in [3.8, 4) is 0 Å². The average Bonchev–Trinajstić information content (AvgIpc) is 2.67. The second-order valence-electron chi connectivity index (χ2n) is 6.18. The van der Waals surface area contributed by atoms with E-state index < -0.39 is 18.0 Å². The van der Waals surface area contributed by atoms with Crippen LogP contribution in [0.15, 0.2) is 54.6 Å². The Bertz CT molecular complexity index is 1080. The van der Waals surface area contributed by atoms with E-state index in [1.54, 1.807) is 54.6 Å². The minimum Gasteiger partial charge on any atom is -0.449 e. The van der Waals surface area contributed by atoms with Gasteiger partial charge in [0.2, 0.25) is 0 Å². The zero-order chi connectivity index (χ0) is 20.3. The van der Waals surface area contributed by atoms with Crippen LogP contribution in [0.3, 0.4) is 0 Å². The van der Waals surface area contributed by atoms with E-state index in [0.29, 0.717) is 27.5 Å². The molecule has 1 atom stereocenters. The van der Waals surface area contributed by atoms with Crippen LogP contribution in [-0.4, -0.2) is 28.7 Å². The number of benzene rings is 2. The molecule has 0 bridgehead atoms. The molecule has 1 unspecified atom stereocenters. The Morgan fingerprint density at radius 1 is 1.07 bits per heavy atom. The van der Waals surface area contributed by atoms with Crippen LogP contribution in [-0.2, 0) is 9.53 Å². The molecule has 1 aromatic heterocycles. The van der Waals surface area contributed by atoms with Crippen molar-refractivity contribution in [2.45, 2.75) is 20.0 Å². The summed E-state index contributed by atoms with van der Waals surface area (Å²) in [5, 5.41) is 3.71. The predicted octanol–water partition coefficient (Wildman–Crippen LogP) is 4.27. The summed E-state index contributed by atoms with van der Waals surface area (Å²) >= 11 is 5.85. The number of nitrogens with zero attached hydrogens (tertiary/aromatic N) is 1. The smallest absolute Gasteiger partial charge is 0.338 e. The number of pyridine rings is 1. The number of carbonyl (C=O) groups is 3. The first-order valence-electron chi connectivity index (χ1n) is 8.53. The average molecular weight is 397 g/mol. The van der Waals surface area contributed by atoms with Gasteiger partial charge in [0.1, 0.15) is 5.15 Å². The summed E-state index contributed by atoms with van der Waals surface area (Å²) in [7, 11) is 0. The standard InChI is InChI=1S/C21H17ClN2O4/c1-12(25)16-5-3-4-6-18(16)24-20(26)13(2)28-21(27)15-7-9-17-14(11-15)8-10-19(22)23-17/h3-11,13H,1-2H3,(H,24,26). The molecule has 2 aromatic carbocycles. The van der Waals surface area contributed by atoms with Crippen molar-refractivity contribution in [2.24, 2.45) is 0 Å². The second kappa shape index (κ2) is 8.19. The van der Waals surface area contributed by atoms with Gasteiger partial charge in [-0.1, -0.05) is 23.7 Å². The monoisotopic (exact) mass is 396 g/mol. The molecule has 3 rings (SSSR count). The van der Waals surface area contributed by atoms with Crippen LogP contribution in [0.1, 0.15) is 34.6 Å². The van der Waals surface area contributed by atoms with Crippen LogP contribution in [0.4, 0.5) is 5.69 Å². The lowest BCUT2D eigenvalue weighted by Gasteiger charge is -2.15. The van der Waals surface area contributed by atoms with Crippen LogP contribution in [0.5, 0.6) is 0 Å². The third-order valence-electron chi connectivity index (χ3n) is 4.11. The van der Waals surface area contributed by atoms with Gasteiger partial charge in [0.05, 0.1) is 16.8 Å². The van der Waals surface area contributed by atoms with Gasteiger partial charge in [-0.15, -0.1) is 0 Å². The molecule has 0 fully saturated rings. The van der Waals surface area contributed by atoms with E-state index >= 15 is 0 Å². The number of aromatic nitrogens is 1. The van der Waals surface area contributed by atoms with Gasteiger partial charge in [0, 0.05) is 10.9 Å². The first-order valence-corrected chi connectivity index (χ1v) is 8.91. The van der Waals surface area contributed by atoms with Crippen molar-refractivity contribution in [3.05, 3.63) is 70.9 Å². The number of rotatable bonds is 5. The number of ether oxygens (including phenoxy) is 1. The summed E-state index contributed by atoms with van der Waals surface area (Å²) in [6.07, 6.45) is -1.05. The summed E-state index contributed by atoms with van der Waals surface area (Å²) in [5.74, 6) is -1.35. The van der Waals surface area contributed by atoms with Crippen LogP contribution in [0.2, 0.25) is 5.15 Å². The summed E-state index contributed by atoms with van der Waals surface area (Å²) in [6, 6.07) is 14.9. The van der Waals surface area contributed by atoms with Crippen molar-refractivity contribution in [1.82, 2.24) is 4.98 Å². The zero-order valence-electron chi connectivity index (χ0n) is 15.2. The molecule has 142 valence electrons. The summed E-state index contributed by atoms with van der Waals surface area (Å²) in [6.45, 7) is 2.88. The predicted molar refractivity (Wildman–Crippen MR) is 107 cm³/mol. The minimum absolute atomic E-state index is 0.176. The van der Waals surface area contributed by atoms with Gasteiger partial charge in [-0.3, -0.25) is 9.59 Å². The van der Waals surface area contributed by atoms with Crippen molar-refractivity contribution in [2.75, 3.05) is 5.32 Å². The lowest BCUT2D eigenvalue weighted by molar-refractivity contribution is -0.123. The number of fused-ring (bicyclic) bond motifs is 1. The Labute approximate surface area is 166 Å². The molecular weight excluding hydrogens is 380 g/mol. The number of ketones is 1. The number of esters is 1. The SMILES string of the molecule is CC(=O)c1ccccc1NC(=O)C(C)OC(=O)c1ccc2nc(Cl)ccc2c1. The molecule has 0 saturated heterocycles. The van der Waals surface area contributed by atoms with Gasteiger partial charge in [0.15, 0.2) is 11.9 Å². The maximum absolute atomic E-state index is 12.4. The molecule has 1 N–H and O–H groups in total. The zero-order valence-corrected chi connectivity index (χ0v) is 16.0. The normalized spacial score (nSPS) is 11.7. The molecule has 28 heavy (non-hydrogen) atoms. The van der Waals surface area contributed by atoms with Gasteiger partial charge in [-0.2, -0.15) is 0 Å². The van der Waals surface area contributed by atoms with Crippen molar-refractivity contribution < 1.29 is 19.1 Å². The number of para-hydroxylation sites is 1. The van der Waals surface area contributed by atoms with Crippen LogP contribution >= 0.6 is 11.6 Å². The molecule has 1 heterocycles. The quantitative estimate of drug-likeness (QED) is 0.395. The number of hydrogen-bond donors (Lipinski definition) is 1. The number of anilines is 1. The fourth-order valence-corrected chi connectivity index (χ4v) is 2.80. The van der Waals surface area contributed by atoms with Gasteiger partial charge >= 0.3 is 5.97 Å². The van der Waals surface area contributed by atoms with Crippen LogP contribution in [0.25, 0.3) is 10.9 Å². The third-order valence-corrected chi connectivity index (χ3v) is 4.32. The van der Waals surface area contributed by atoms with Crippen molar-refractivity contribution in [3.63, 3.8) is 0 Å². The highest BCUT2D eigenvalue weighted by molar-refractivity contribution is 6.29. The van der Waals surface area contributed by atoms with Crippen molar-refractivity contribution >= 4 is 45.9 Å². The number of carbonyl (C=O) groups excluding carboxylic acids is 3. The first kappa shape index (κ1) is 19.5. The van der Waals surface area contributed by atoms with E-state index in [1.165, 1.54) is 13.8 Å². The van der Waals surface area contributed by atoms with E-state index in [1.807, 2.05) is 0 Å². The molecule has 7 heteroatoms. The summed E-state index contributed by atoms with van der Waals surface area (Å²) in [5.41, 5.74) is 1.70. The molecule has 0 saturated carbocycles. The van der Waals surface area contributed by atoms with Gasteiger partial charge < -0.3 is 10.1 Å². The lowest BCUT2D eigenvalue weighted by Crippen LogP contribution is -2.30. The molecule has 1 amide bonds. The number of amides is 1. The van der Waals surface area contributed by atoms with E-state index in [0.717, 1.165) is 5.39 Å². The summed E-state index contributed by atoms with van der Waals surface area (Å²) in [4.78, 5) is 40.6. The van der Waals surface area contributed by atoms with E-state index in [2.05, 4.69) is 10.3 Å². The highest BCUT2D eigenvalue weighted by Gasteiger charge is 2.20. The van der Waals surface area contributed by atoms with Crippen molar-refractivity contribution in [1.29, 1.82) is 0 Å². The highest BCUT2D eigenvalue weighted by Crippen LogP contribution is 2.19. The Morgan fingerprint density at radius 2 is 1.82 bits per heavy atom.